The monoisotopic (exact) mass is 221 g/mol. The second-order valence-corrected chi connectivity index (χ2v) is 3.83. The second-order valence-electron chi connectivity index (χ2n) is 3.83. The minimum Gasteiger partial charge on any atom is -0.481 e. The van der Waals surface area contributed by atoms with E-state index in [0.29, 0.717) is 12.5 Å². The highest BCUT2D eigenvalue weighted by atomic mass is 16.5. The Balaban J connectivity index is 1.97. The first-order valence-electron chi connectivity index (χ1n) is 5.42. The summed E-state index contributed by atoms with van der Waals surface area (Å²) in [5, 5.41) is 0. The summed E-state index contributed by atoms with van der Waals surface area (Å²) in [5.41, 5.74) is 1.08. The molecule has 0 N–H and O–H groups in total. The van der Waals surface area contributed by atoms with Gasteiger partial charge in [0.25, 0.3) is 0 Å². The summed E-state index contributed by atoms with van der Waals surface area (Å²) in [5.74, 6) is 0.799. The van der Waals surface area contributed by atoms with Crippen LogP contribution >= 0.6 is 0 Å². The van der Waals surface area contributed by atoms with Crippen LogP contribution in [-0.4, -0.2) is 24.7 Å². The number of hydrogen-bond acceptors (Lipinski definition) is 4. The molecule has 0 spiro atoms. The van der Waals surface area contributed by atoms with E-state index in [-0.39, 0.29) is 17.8 Å². The van der Waals surface area contributed by atoms with E-state index in [1.807, 2.05) is 19.1 Å². The fourth-order valence-electron chi connectivity index (χ4n) is 1.81. The molecular formula is C12H15NO3. The molecule has 86 valence electrons. The Kier molecular flexibility index (Phi) is 3.08. The third-order valence-electron chi connectivity index (χ3n) is 2.78. The molecule has 0 unspecified atom stereocenters. The van der Waals surface area contributed by atoms with Gasteiger partial charge in [0.05, 0.1) is 19.6 Å². The van der Waals surface area contributed by atoms with Crippen molar-refractivity contribution in [2.75, 3.05) is 13.7 Å². The number of esters is 1. The number of hydrogen-bond donors (Lipinski definition) is 0. The van der Waals surface area contributed by atoms with E-state index in [0.717, 1.165) is 12.0 Å². The number of rotatable bonds is 4. The van der Waals surface area contributed by atoms with Crippen LogP contribution in [0.15, 0.2) is 18.3 Å². The maximum atomic E-state index is 11.4. The Hall–Kier alpha value is -1.58. The highest BCUT2D eigenvalue weighted by Gasteiger charge is 2.45. The third-order valence-corrected chi connectivity index (χ3v) is 2.78. The summed E-state index contributed by atoms with van der Waals surface area (Å²) in [6, 6.07) is 3.77. The first-order valence-corrected chi connectivity index (χ1v) is 5.42. The molecule has 1 fully saturated rings. The van der Waals surface area contributed by atoms with Gasteiger partial charge in [-0.15, -0.1) is 0 Å². The highest BCUT2D eigenvalue weighted by Crippen LogP contribution is 2.48. The SMILES string of the molecule is CCOC(=O)[C@@H]1C[C@H]1c1ccc(OC)nc1. The first-order chi connectivity index (χ1) is 7.76. The Morgan fingerprint density at radius 2 is 2.38 bits per heavy atom. The molecule has 0 aliphatic heterocycles. The van der Waals surface area contributed by atoms with Crippen molar-refractivity contribution in [1.82, 2.24) is 4.98 Å². The Morgan fingerprint density at radius 1 is 1.56 bits per heavy atom. The van der Waals surface area contributed by atoms with Gasteiger partial charge in [-0.1, -0.05) is 6.07 Å². The number of nitrogens with zero attached hydrogens (tertiary/aromatic N) is 1. The molecule has 1 heterocycles. The molecule has 1 aromatic heterocycles. The van der Waals surface area contributed by atoms with E-state index in [1.54, 1.807) is 13.3 Å². The van der Waals surface area contributed by atoms with Crippen LogP contribution in [0.3, 0.4) is 0 Å². The van der Waals surface area contributed by atoms with Crippen molar-refractivity contribution in [1.29, 1.82) is 0 Å². The standard InChI is InChI=1S/C12H15NO3/c1-3-16-12(14)10-6-9(10)8-4-5-11(15-2)13-7-8/h4-5,7,9-10H,3,6H2,1-2H3/t9-,10+/m0/s1. The molecule has 0 amide bonds. The summed E-state index contributed by atoms with van der Waals surface area (Å²) >= 11 is 0. The molecule has 4 heteroatoms. The van der Waals surface area contributed by atoms with Crippen molar-refractivity contribution in [3.8, 4) is 5.88 Å². The Bertz CT molecular complexity index is 374. The van der Waals surface area contributed by atoms with Crippen molar-refractivity contribution in [2.24, 2.45) is 5.92 Å². The van der Waals surface area contributed by atoms with Gasteiger partial charge in [0.15, 0.2) is 0 Å². The van der Waals surface area contributed by atoms with Crippen molar-refractivity contribution >= 4 is 5.97 Å². The van der Waals surface area contributed by atoms with E-state index in [2.05, 4.69) is 4.98 Å². The molecule has 0 saturated heterocycles. The minimum atomic E-state index is -0.0941. The zero-order valence-electron chi connectivity index (χ0n) is 9.47. The van der Waals surface area contributed by atoms with Gasteiger partial charge in [-0.2, -0.15) is 0 Å². The molecule has 1 aromatic rings. The van der Waals surface area contributed by atoms with Crippen molar-refractivity contribution < 1.29 is 14.3 Å². The highest BCUT2D eigenvalue weighted by molar-refractivity contribution is 5.77. The number of carbonyl (C=O) groups excluding carboxylic acids is 1. The summed E-state index contributed by atoms with van der Waals surface area (Å²) < 4.78 is 9.96. The second kappa shape index (κ2) is 4.51. The third kappa shape index (κ3) is 2.15. The van der Waals surface area contributed by atoms with Gasteiger partial charge in [0.1, 0.15) is 0 Å². The quantitative estimate of drug-likeness (QED) is 0.727. The van der Waals surface area contributed by atoms with E-state index in [1.165, 1.54) is 0 Å². The van der Waals surface area contributed by atoms with Crippen molar-refractivity contribution in [2.45, 2.75) is 19.3 Å². The van der Waals surface area contributed by atoms with Crippen LogP contribution in [0.1, 0.15) is 24.8 Å². The molecule has 0 bridgehead atoms. The van der Waals surface area contributed by atoms with Crippen LogP contribution in [0.4, 0.5) is 0 Å². The van der Waals surface area contributed by atoms with E-state index in [4.69, 9.17) is 9.47 Å². The molecule has 0 aromatic carbocycles. The molecule has 4 nitrogen and oxygen atoms in total. The lowest BCUT2D eigenvalue weighted by atomic mass is 10.1. The maximum absolute atomic E-state index is 11.4. The van der Waals surface area contributed by atoms with Gasteiger partial charge in [-0.25, -0.2) is 4.98 Å². The number of methoxy groups -OCH3 is 1. The number of aromatic nitrogens is 1. The van der Waals surface area contributed by atoms with E-state index >= 15 is 0 Å². The van der Waals surface area contributed by atoms with Gasteiger partial charge in [0, 0.05) is 12.3 Å². The minimum absolute atomic E-state index is 0.0233. The van der Waals surface area contributed by atoms with Gasteiger partial charge < -0.3 is 9.47 Å². The van der Waals surface area contributed by atoms with Gasteiger partial charge in [0.2, 0.25) is 5.88 Å². The summed E-state index contributed by atoms with van der Waals surface area (Å²) in [7, 11) is 1.58. The molecule has 0 radical (unpaired) electrons. The Morgan fingerprint density at radius 3 is 2.94 bits per heavy atom. The zero-order valence-corrected chi connectivity index (χ0v) is 9.47. The molecule has 2 atom stereocenters. The predicted molar refractivity (Wildman–Crippen MR) is 58.3 cm³/mol. The lowest BCUT2D eigenvalue weighted by molar-refractivity contribution is -0.144. The Labute approximate surface area is 94.6 Å². The van der Waals surface area contributed by atoms with Crippen LogP contribution in [0.5, 0.6) is 5.88 Å². The predicted octanol–water partition coefficient (Wildman–Crippen LogP) is 1.76. The summed E-state index contributed by atoms with van der Waals surface area (Å²) in [6.45, 7) is 2.27. The maximum Gasteiger partial charge on any atom is 0.309 e. The van der Waals surface area contributed by atoms with Crippen molar-refractivity contribution in [3.05, 3.63) is 23.9 Å². The van der Waals surface area contributed by atoms with Gasteiger partial charge >= 0.3 is 5.97 Å². The molecule has 1 aliphatic rings. The van der Waals surface area contributed by atoms with Crippen molar-refractivity contribution in [3.63, 3.8) is 0 Å². The molecule has 1 saturated carbocycles. The molecular weight excluding hydrogens is 206 g/mol. The van der Waals surface area contributed by atoms with Crippen LogP contribution in [-0.2, 0) is 9.53 Å². The van der Waals surface area contributed by atoms with Crippen LogP contribution in [0.2, 0.25) is 0 Å². The fourth-order valence-corrected chi connectivity index (χ4v) is 1.81. The number of pyridine rings is 1. The van der Waals surface area contributed by atoms with E-state index < -0.39 is 0 Å². The lowest BCUT2D eigenvalue weighted by Crippen LogP contribution is -2.07. The number of carbonyl (C=O) groups is 1. The van der Waals surface area contributed by atoms with Crippen LogP contribution in [0.25, 0.3) is 0 Å². The average Bonchev–Trinajstić information content (AvgIpc) is 3.09. The van der Waals surface area contributed by atoms with Gasteiger partial charge in [-0.05, 0) is 24.8 Å². The topological polar surface area (TPSA) is 48.4 Å². The first kappa shape index (κ1) is 10.9. The smallest absolute Gasteiger partial charge is 0.309 e. The largest absolute Gasteiger partial charge is 0.481 e. The average molecular weight is 221 g/mol. The lowest BCUT2D eigenvalue weighted by Gasteiger charge is -2.02. The molecule has 16 heavy (non-hydrogen) atoms. The van der Waals surface area contributed by atoms with Crippen LogP contribution in [0, 0.1) is 5.92 Å². The zero-order chi connectivity index (χ0) is 11.5. The van der Waals surface area contributed by atoms with E-state index in [9.17, 15) is 4.79 Å². The van der Waals surface area contributed by atoms with Gasteiger partial charge in [-0.3, -0.25) is 4.79 Å². The summed E-state index contributed by atoms with van der Waals surface area (Å²) in [6.07, 6.45) is 2.63. The summed E-state index contributed by atoms with van der Waals surface area (Å²) in [4.78, 5) is 15.6. The number of ether oxygens (including phenoxy) is 2. The van der Waals surface area contributed by atoms with Crippen LogP contribution < -0.4 is 4.74 Å². The molecule has 2 rings (SSSR count). The molecule has 1 aliphatic carbocycles. The normalized spacial score (nSPS) is 22.6. The fraction of sp³-hybridized carbons (Fsp3) is 0.500.